The van der Waals surface area contributed by atoms with Gasteiger partial charge in [0.1, 0.15) is 0 Å². The molecule has 3 nitrogen and oxygen atoms in total. The molecular weight excluding hydrogens is 236 g/mol. The molecule has 1 aromatic rings. The molecule has 106 valence electrons. The quantitative estimate of drug-likeness (QED) is 0.763. The Balaban J connectivity index is 1.55. The van der Waals surface area contributed by atoms with Crippen LogP contribution in [0.2, 0.25) is 0 Å². The minimum Gasteiger partial charge on any atom is -0.381 e. The molecule has 0 radical (unpaired) electrons. The predicted octanol–water partition coefficient (Wildman–Crippen LogP) is 2.28. The molecule has 1 heterocycles. The fourth-order valence-corrected chi connectivity index (χ4v) is 2.53. The number of nitrogens with zero attached hydrogens (tertiary/aromatic N) is 1. The highest BCUT2D eigenvalue weighted by Crippen LogP contribution is 2.06. The molecule has 0 unspecified atom stereocenters. The van der Waals surface area contributed by atoms with Crippen LogP contribution in [0.25, 0.3) is 0 Å². The SMILES string of the molecule is CN(CCCNC1CCOCC1)Cc1ccccc1. The van der Waals surface area contributed by atoms with Crippen molar-refractivity contribution < 1.29 is 4.74 Å². The summed E-state index contributed by atoms with van der Waals surface area (Å²) < 4.78 is 5.36. The lowest BCUT2D eigenvalue weighted by molar-refractivity contribution is 0.0778. The van der Waals surface area contributed by atoms with Gasteiger partial charge in [-0.3, -0.25) is 0 Å². The molecule has 0 amide bonds. The Hall–Kier alpha value is -0.900. The monoisotopic (exact) mass is 262 g/mol. The van der Waals surface area contributed by atoms with Crippen LogP contribution in [-0.2, 0) is 11.3 Å². The Bertz CT molecular complexity index is 336. The van der Waals surface area contributed by atoms with E-state index in [1.54, 1.807) is 0 Å². The molecule has 19 heavy (non-hydrogen) atoms. The van der Waals surface area contributed by atoms with Crippen molar-refractivity contribution in [1.82, 2.24) is 10.2 Å². The highest BCUT2D eigenvalue weighted by atomic mass is 16.5. The largest absolute Gasteiger partial charge is 0.381 e. The van der Waals surface area contributed by atoms with Gasteiger partial charge in [-0.25, -0.2) is 0 Å². The smallest absolute Gasteiger partial charge is 0.0480 e. The first-order chi connectivity index (χ1) is 9.34. The fourth-order valence-electron chi connectivity index (χ4n) is 2.53. The number of nitrogens with one attached hydrogen (secondary N) is 1. The fraction of sp³-hybridized carbons (Fsp3) is 0.625. The maximum Gasteiger partial charge on any atom is 0.0480 e. The first kappa shape index (κ1) is 14.5. The molecule has 1 aliphatic heterocycles. The van der Waals surface area contributed by atoms with Gasteiger partial charge in [-0.15, -0.1) is 0 Å². The lowest BCUT2D eigenvalue weighted by Gasteiger charge is -2.24. The van der Waals surface area contributed by atoms with E-state index in [4.69, 9.17) is 4.74 Å². The molecule has 0 spiro atoms. The Labute approximate surface area is 116 Å². The zero-order chi connectivity index (χ0) is 13.3. The van der Waals surface area contributed by atoms with Gasteiger partial charge in [-0.2, -0.15) is 0 Å². The van der Waals surface area contributed by atoms with E-state index in [-0.39, 0.29) is 0 Å². The van der Waals surface area contributed by atoms with Gasteiger partial charge in [0.05, 0.1) is 0 Å². The van der Waals surface area contributed by atoms with Gasteiger partial charge in [0.25, 0.3) is 0 Å². The second-order valence-corrected chi connectivity index (χ2v) is 5.42. The lowest BCUT2D eigenvalue weighted by atomic mass is 10.1. The molecule has 1 aliphatic rings. The summed E-state index contributed by atoms with van der Waals surface area (Å²) >= 11 is 0. The van der Waals surface area contributed by atoms with Crippen molar-refractivity contribution in [1.29, 1.82) is 0 Å². The van der Waals surface area contributed by atoms with Crippen molar-refractivity contribution in [2.75, 3.05) is 33.4 Å². The van der Waals surface area contributed by atoms with Crippen LogP contribution in [-0.4, -0.2) is 44.3 Å². The van der Waals surface area contributed by atoms with E-state index in [1.165, 1.54) is 24.8 Å². The van der Waals surface area contributed by atoms with E-state index in [0.29, 0.717) is 6.04 Å². The highest BCUT2D eigenvalue weighted by molar-refractivity contribution is 5.14. The third-order valence-electron chi connectivity index (χ3n) is 3.67. The lowest BCUT2D eigenvalue weighted by Crippen LogP contribution is -2.36. The molecule has 1 aromatic carbocycles. The molecule has 0 saturated carbocycles. The van der Waals surface area contributed by atoms with Crippen LogP contribution in [0.3, 0.4) is 0 Å². The minimum atomic E-state index is 0.674. The van der Waals surface area contributed by atoms with Gasteiger partial charge in [-0.05, 0) is 45.0 Å². The van der Waals surface area contributed by atoms with Gasteiger partial charge in [-0.1, -0.05) is 30.3 Å². The van der Waals surface area contributed by atoms with Crippen LogP contribution >= 0.6 is 0 Å². The van der Waals surface area contributed by atoms with Crippen molar-refractivity contribution in [3.63, 3.8) is 0 Å². The number of benzene rings is 1. The van der Waals surface area contributed by atoms with Crippen molar-refractivity contribution in [2.24, 2.45) is 0 Å². The van der Waals surface area contributed by atoms with Crippen molar-refractivity contribution in [2.45, 2.75) is 31.8 Å². The molecule has 0 atom stereocenters. The van der Waals surface area contributed by atoms with Crippen molar-refractivity contribution >= 4 is 0 Å². The summed E-state index contributed by atoms with van der Waals surface area (Å²) in [6.07, 6.45) is 3.54. The second-order valence-electron chi connectivity index (χ2n) is 5.42. The van der Waals surface area contributed by atoms with E-state index < -0.39 is 0 Å². The molecule has 2 rings (SSSR count). The second kappa shape index (κ2) is 8.31. The maximum atomic E-state index is 5.36. The Morgan fingerprint density at radius 3 is 2.68 bits per heavy atom. The standard InChI is InChI=1S/C16H26N2O/c1-18(14-15-6-3-2-4-7-15)11-5-10-17-16-8-12-19-13-9-16/h2-4,6-7,16-17H,5,8-14H2,1H3. The first-order valence-electron chi connectivity index (χ1n) is 7.38. The summed E-state index contributed by atoms with van der Waals surface area (Å²) in [4.78, 5) is 2.39. The van der Waals surface area contributed by atoms with E-state index >= 15 is 0 Å². The van der Waals surface area contributed by atoms with E-state index in [2.05, 4.69) is 47.6 Å². The summed E-state index contributed by atoms with van der Waals surface area (Å²) in [6.45, 7) is 5.14. The molecular formula is C16H26N2O. The topological polar surface area (TPSA) is 24.5 Å². The van der Waals surface area contributed by atoms with E-state index in [1.807, 2.05) is 0 Å². The summed E-state index contributed by atoms with van der Waals surface area (Å²) in [5.41, 5.74) is 1.39. The van der Waals surface area contributed by atoms with Crippen LogP contribution < -0.4 is 5.32 Å². The van der Waals surface area contributed by atoms with Gasteiger partial charge in [0.2, 0.25) is 0 Å². The van der Waals surface area contributed by atoms with Gasteiger partial charge >= 0.3 is 0 Å². The number of ether oxygens (including phenoxy) is 1. The van der Waals surface area contributed by atoms with Crippen molar-refractivity contribution in [3.8, 4) is 0 Å². The summed E-state index contributed by atoms with van der Waals surface area (Å²) in [5, 5.41) is 3.63. The zero-order valence-corrected chi connectivity index (χ0v) is 12.0. The maximum absolute atomic E-state index is 5.36. The highest BCUT2D eigenvalue weighted by Gasteiger charge is 2.12. The number of hydrogen-bond acceptors (Lipinski definition) is 3. The van der Waals surface area contributed by atoms with E-state index in [0.717, 1.165) is 32.8 Å². The molecule has 1 N–H and O–H groups in total. The average Bonchev–Trinajstić information content (AvgIpc) is 2.46. The zero-order valence-electron chi connectivity index (χ0n) is 12.0. The average molecular weight is 262 g/mol. The van der Waals surface area contributed by atoms with Crippen LogP contribution in [0, 0.1) is 0 Å². The third kappa shape index (κ3) is 5.72. The Morgan fingerprint density at radius 2 is 1.95 bits per heavy atom. The van der Waals surface area contributed by atoms with Gasteiger partial charge in [0, 0.05) is 25.8 Å². The van der Waals surface area contributed by atoms with Crippen LogP contribution in [0.15, 0.2) is 30.3 Å². The predicted molar refractivity (Wildman–Crippen MR) is 79.2 cm³/mol. The van der Waals surface area contributed by atoms with Crippen molar-refractivity contribution in [3.05, 3.63) is 35.9 Å². The van der Waals surface area contributed by atoms with Gasteiger partial charge < -0.3 is 15.0 Å². The van der Waals surface area contributed by atoms with Crippen LogP contribution in [0.1, 0.15) is 24.8 Å². The number of hydrogen-bond donors (Lipinski definition) is 1. The normalized spacial score (nSPS) is 16.9. The summed E-state index contributed by atoms with van der Waals surface area (Å²) in [6, 6.07) is 11.3. The minimum absolute atomic E-state index is 0.674. The van der Waals surface area contributed by atoms with Crippen LogP contribution in [0.4, 0.5) is 0 Å². The molecule has 1 saturated heterocycles. The molecule has 0 aromatic heterocycles. The summed E-state index contributed by atoms with van der Waals surface area (Å²) in [5.74, 6) is 0. The summed E-state index contributed by atoms with van der Waals surface area (Å²) in [7, 11) is 2.20. The van der Waals surface area contributed by atoms with E-state index in [9.17, 15) is 0 Å². The molecule has 0 bridgehead atoms. The third-order valence-corrected chi connectivity index (χ3v) is 3.67. The Morgan fingerprint density at radius 1 is 1.21 bits per heavy atom. The van der Waals surface area contributed by atoms with Gasteiger partial charge in [0.15, 0.2) is 0 Å². The molecule has 1 fully saturated rings. The molecule has 3 heteroatoms. The first-order valence-corrected chi connectivity index (χ1v) is 7.38. The van der Waals surface area contributed by atoms with Crippen LogP contribution in [0.5, 0.6) is 0 Å². The molecule has 0 aliphatic carbocycles. The number of rotatable bonds is 7. The Kier molecular flexibility index (Phi) is 6.34.